The Morgan fingerprint density at radius 3 is 2.52 bits per heavy atom. The van der Waals surface area contributed by atoms with Crippen molar-refractivity contribution >= 4 is 22.5 Å². The molecular formula is C16H18ClFN2O. The van der Waals surface area contributed by atoms with Crippen molar-refractivity contribution in [1.82, 2.24) is 10.2 Å². The Kier molecular flexibility index (Phi) is 2.86. The molecule has 0 radical (unpaired) electrons. The van der Waals surface area contributed by atoms with Gasteiger partial charge in [0.25, 0.3) is 0 Å². The SMILES string of the molecule is OC(c1cc(Cl)cc2cn[nH]c12)C12CCC(F)(CC1)CC2. The number of hydrogen-bond donors (Lipinski definition) is 2. The first-order valence-electron chi connectivity index (χ1n) is 7.51. The molecule has 1 unspecified atom stereocenters. The molecule has 1 heterocycles. The Labute approximate surface area is 127 Å². The number of halogens is 2. The number of benzene rings is 1. The lowest BCUT2D eigenvalue weighted by molar-refractivity contribution is -0.100. The van der Waals surface area contributed by atoms with Gasteiger partial charge in [-0.3, -0.25) is 5.10 Å². The maximum atomic E-state index is 14.3. The van der Waals surface area contributed by atoms with Crippen molar-refractivity contribution in [3.63, 3.8) is 0 Å². The number of aliphatic hydroxyl groups is 1. The molecule has 0 spiro atoms. The number of aromatic nitrogens is 2. The second kappa shape index (κ2) is 4.43. The number of hydrogen-bond acceptors (Lipinski definition) is 2. The second-order valence-electron chi connectivity index (χ2n) is 6.75. The van der Waals surface area contributed by atoms with Crippen LogP contribution in [0.15, 0.2) is 18.3 Å². The Morgan fingerprint density at radius 1 is 1.19 bits per heavy atom. The van der Waals surface area contributed by atoms with Crippen LogP contribution in [0.3, 0.4) is 0 Å². The minimum atomic E-state index is -0.987. The third kappa shape index (κ3) is 2.00. The summed E-state index contributed by atoms with van der Waals surface area (Å²) in [6, 6.07) is 3.65. The highest BCUT2D eigenvalue weighted by Crippen LogP contribution is 2.59. The predicted molar refractivity (Wildman–Crippen MR) is 80.0 cm³/mol. The van der Waals surface area contributed by atoms with E-state index < -0.39 is 11.8 Å². The molecule has 112 valence electrons. The number of aromatic amines is 1. The van der Waals surface area contributed by atoms with Crippen molar-refractivity contribution in [2.45, 2.75) is 50.3 Å². The third-order valence-electron chi connectivity index (χ3n) is 5.63. The van der Waals surface area contributed by atoms with Gasteiger partial charge in [-0.05, 0) is 50.7 Å². The van der Waals surface area contributed by atoms with Crippen LogP contribution in [0.2, 0.25) is 5.02 Å². The van der Waals surface area contributed by atoms with Gasteiger partial charge in [-0.15, -0.1) is 0 Å². The van der Waals surface area contributed by atoms with Crippen molar-refractivity contribution in [3.05, 3.63) is 28.9 Å². The van der Waals surface area contributed by atoms with Crippen LogP contribution in [-0.4, -0.2) is 21.0 Å². The molecule has 3 nitrogen and oxygen atoms in total. The van der Waals surface area contributed by atoms with Gasteiger partial charge in [0, 0.05) is 21.4 Å². The molecule has 3 fully saturated rings. The monoisotopic (exact) mass is 308 g/mol. The van der Waals surface area contributed by atoms with Crippen LogP contribution >= 0.6 is 11.6 Å². The first-order chi connectivity index (χ1) is 10.0. The van der Waals surface area contributed by atoms with Crippen LogP contribution in [0.5, 0.6) is 0 Å². The number of alkyl halides is 1. The molecule has 2 bridgehead atoms. The van der Waals surface area contributed by atoms with Gasteiger partial charge in [-0.1, -0.05) is 11.6 Å². The van der Waals surface area contributed by atoms with Gasteiger partial charge in [0.15, 0.2) is 0 Å². The Balaban J connectivity index is 1.77. The minimum absolute atomic E-state index is 0.212. The minimum Gasteiger partial charge on any atom is -0.388 e. The van der Waals surface area contributed by atoms with Gasteiger partial charge < -0.3 is 5.11 Å². The molecule has 3 aliphatic rings. The van der Waals surface area contributed by atoms with Gasteiger partial charge in [-0.25, -0.2) is 4.39 Å². The summed E-state index contributed by atoms with van der Waals surface area (Å²) in [5.41, 5.74) is 0.433. The van der Waals surface area contributed by atoms with Crippen LogP contribution in [0.4, 0.5) is 4.39 Å². The summed E-state index contributed by atoms with van der Waals surface area (Å²) < 4.78 is 14.3. The van der Waals surface area contributed by atoms with Gasteiger partial charge in [0.05, 0.1) is 17.8 Å². The molecule has 5 rings (SSSR count). The standard InChI is InChI=1S/C16H18ClFN2O/c17-11-7-10-9-19-20-13(10)12(8-11)14(21)15-1-4-16(18,5-2-15)6-3-15/h7-9,14,21H,1-6H2,(H,19,20). The molecule has 2 N–H and O–H groups in total. The topological polar surface area (TPSA) is 48.9 Å². The van der Waals surface area contributed by atoms with E-state index in [4.69, 9.17) is 11.6 Å². The molecule has 3 aliphatic carbocycles. The fourth-order valence-corrected chi connectivity index (χ4v) is 4.41. The van der Waals surface area contributed by atoms with Crippen LogP contribution in [0.1, 0.15) is 50.2 Å². The summed E-state index contributed by atoms with van der Waals surface area (Å²) in [6.45, 7) is 0. The van der Waals surface area contributed by atoms with E-state index in [1.807, 2.05) is 12.1 Å². The summed E-state index contributed by atoms with van der Waals surface area (Å²) in [7, 11) is 0. The van der Waals surface area contributed by atoms with E-state index in [0.717, 1.165) is 35.7 Å². The first kappa shape index (κ1) is 13.5. The van der Waals surface area contributed by atoms with E-state index in [1.54, 1.807) is 6.20 Å². The van der Waals surface area contributed by atoms with Crippen LogP contribution < -0.4 is 0 Å². The number of H-pyrrole nitrogens is 1. The van der Waals surface area contributed by atoms with Crippen molar-refractivity contribution in [1.29, 1.82) is 0 Å². The van der Waals surface area contributed by atoms with E-state index in [1.165, 1.54) is 0 Å². The maximum Gasteiger partial charge on any atom is 0.111 e. The molecule has 0 aliphatic heterocycles. The van der Waals surface area contributed by atoms with Crippen molar-refractivity contribution < 1.29 is 9.50 Å². The summed E-state index contributed by atoms with van der Waals surface area (Å²) in [6.07, 6.45) is 5.02. The average Bonchev–Trinajstić information content (AvgIpc) is 2.95. The zero-order chi connectivity index (χ0) is 14.7. The highest BCUT2D eigenvalue weighted by atomic mass is 35.5. The van der Waals surface area contributed by atoms with Gasteiger partial charge in [0.1, 0.15) is 5.67 Å². The second-order valence-corrected chi connectivity index (χ2v) is 7.18. The molecule has 1 aromatic carbocycles. The lowest BCUT2D eigenvalue weighted by Gasteiger charge is -2.52. The highest BCUT2D eigenvalue weighted by Gasteiger charge is 2.52. The van der Waals surface area contributed by atoms with E-state index in [2.05, 4.69) is 10.2 Å². The largest absolute Gasteiger partial charge is 0.388 e. The molecule has 1 atom stereocenters. The fraction of sp³-hybridized carbons (Fsp3) is 0.562. The van der Waals surface area contributed by atoms with Crippen LogP contribution in [0, 0.1) is 5.41 Å². The van der Waals surface area contributed by atoms with E-state index in [-0.39, 0.29) is 5.41 Å². The fourth-order valence-electron chi connectivity index (χ4n) is 4.17. The third-order valence-corrected chi connectivity index (χ3v) is 5.85. The Morgan fingerprint density at radius 2 is 1.86 bits per heavy atom. The summed E-state index contributed by atoms with van der Waals surface area (Å²) in [5, 5.41) is 19.5. The molecule has 21 heavy (non-hydrogen) atoms. The zero-order valence-corrected chi connectivity index (χ0v) is 12.5. The van der Waals surface area contributed by atoms with Crippen LogP contribution in [0.25, 0.3) is 10.9 Å². The molecular weight excluding hydrogens is 291 g/mol. The zero-order valence-electron chi connectivity index (χ0n) is 11.7. The van der Waals surface area contributed by atoms with E-state index in [0.29, 0.717) is 24.3 Å². The van der Waals surface area contributed by atoms with Gasteiger partial charge in [0.2, 0.25) is 0 Å². The van der Waals surface area contributed by atoms with E-state index >= 15 is 0 Å². The van der Waals surface area contributed by atoms with Crippen LogP contribution in [-0.2, 0) is 0 Å². The summed E-state index contributed by atoms with van der Waals surface area (Å²) >= 11 is 6.17. The quantitative estimate of drug-likeness (QED) is 0.868. The predicted octanol–water partition coefficient (Wildman–Crippen LogP) is 4.31. The maximum absolute atomic E-state index is 14.3. The number of fused-ring (bicyclic) bond motifs is 4. The lowest BCUT2D eigenvalue weighted by atomic mass is 9.56. The number of aliphatic hydroxyl groups excluding tert-OH is 1. The summed E-state index contributed by atoms with van der Waals surface area (Å²) in [4.78, 5) is 0. The number of rotatable bonds is 2. The Bertz CT molecular complexity index is 674. The number of nitrogens with zero attached hydrogens (tertiary/aromatic N) is 1. The smallest absolute Gasteiger partial charge is 0.111 e. The van der Waals surface area contributed by atoms with Crippen molar-refractivity contribution in [2.24, 2.45) is 5.41 Å². The van der Waals surface area contributed by atoms with E-state index in [9.17, 15) is 9.50 Å². The Hall–Kier alpha value is -1.13. The molecule has 2 aromatic rings. The number of nitrogens with one attached hydrogen (secondary N) is 1. The highest BCUT2D eigenvalue weighted by molar-refractivity contribution is 6.31. The van der Waals surface area contributed by atoms with Crippen molar-refractivity contribution in [3.8, 4) is 0 Å². The summed E-state index contributed by atoms with van der Waals surface area (Å²) in [5.74, 6) is 0. The normalized spacial score (nSPS) is 33.5. The van der Waals surface area contributed by atoms with Gasteiger partial charge in [-0.2, -0.15) is 5.10 Å². The van der Waals surface area contributed by atoms with Gasteiger partial charge >= 0.3 is 0 Å². The molecule has 3 saturated carbocycles. The molecule has 1 aromatic heterocycles. The van der Waals surface area contributed by atoms with Crippen molar-refractivity contribution in [2.75, 3.05) is 0 Å². The lowest BCUT2D eigenvalue weighted by Crippen LogP contribution is -2.46. The molecule has 5 heteroatoms. The average molecular weight is 309 g/mol. The molecule has 0 saturated heterocycles. The molecule has 0 amide bonds. The first-order valence-corrected chi connectivity index (χ1v) is 7.89.